The topological polar surface area (TPSA) is 70.1 Å². The summed E-state index contributed by atoms with van der Waals surface area (Å²) >= 11 is 1.57. The first-order valence-corrected chi connectivity index (χ1v) is 13.7. The number of carbonyl (C=O) groups excluding carboxylic acids is 1. The smallest absolute Gasteiger partial charge is 0.229 e. The van der Waals surface area contributed by atoms with Crippen LogP contribution in [0.3, 0.4) is 0 Å². The number of thiazole rings is 1. The number of aromatic nitrogens is 1. The van der Waals surface area contributed by atoms with E-state index in [4.69, 9.17) is 23.9 Å². The Balaban J connectivity index is 1.30. The van der Waals surface area contributed by atoms with E-state index in [2.05, 4.69) is 6.92 Å². The standard InChI is InChI=1S/C29H34N2O5S/c1-29(18-34-19-29)20-36-26-13-21(10-11-25(26)33-2)15-31(16-24-9-6-12-35-24)27(32)14-23-17-37-28(30-23)22-7-4-3-5-8-22/h3-5,7-8,10-11,13,17,24H,6,9,12,14-16,18-20H2,1-2H3. The second-order valence-corrected chi connectivity index (χ2v) is 11.0. The summed E-state index contributed by atoms with van der Waals surface area (Å²) in [5.41, 5.74) is 2.87. The molecule has 0 N–H and O–H groups in total. The fraction of sp³-hybridized carbons (Fsp3) is 0.448. The maximum absolute atomic E-state index is 13.5. The first-order valence-electron chi connectivity index (χ1n) is 12.8. The third-order valence-electron chi connectivity index (χ3n) is 6.78. The van der Waals surface area contributed by atoms with Crippen molar-refractivity contribution < 1.29 is 23.7 Å². The molecule has 1 amide bonds. The molecule has 196 valence electrons. The molecule has 0 spiro atoms. The van der Waals surface area contributed by atoms with Crippen molar-refractivity contribution >= 4 is 17.2 Å². The SMILES string of the molecule is COc1ccc(CN(CC2CCCO2)C(=O)Cc2csc(-c3ccccc3)n2)cc1OCC1(C)COC1. The second-order valence-electron chi connectivity index (χ2n) is 10.2. The Kier molecular flexibility index (Phi) is 8.08. The Morgan fingerprint density at radius 2 is 2.03 bits per heavy atom. The number of nitrogens with zero attached hydrogens (tertiary/aromatic N) is 2. The van der Waals surface area contributed by atoms with Gasteiger partial charge in [0.05, 0.1) is 45.1 Å². The molecule has 8 heteroatoms. The van der Waals surface area contributed by atoms with Crippen LogP contribution in [-0.2, 0) is 27.2 Å². The van der Waals surface area contributed by atoms with Gasteiger partial charge < -0.3 is 23.8 Å². The molecule has 2 aliphatic rings. The Labute approximate surface area is 222 Å². The molecule has 2 fully saturated rings. The Morgan fingerprint density at radius 3 is 2.73 bits per heavy atom. The molecule has 3 heterocycles. The van der Waals surface area contributed by atoms with Crippen LogP contribution in [-0.4, -0.2) is 62.0 Å². The van der Waals surface area contributed by atoms with Gasteiger partial charge in [-0.1, -0.05) is 43.3 Å². The van der Waals surface area contributed by atoms with Crippen molar-refractivity contribution in [1.29, 1.82) is 0 Å². The van der Waals surface area contributed by atoms with Crippen molar-refractivity contribution in [1.82, 2.24) is 9.88 Å². The van der Waals surface area contributed by atoms with Crippen LogP contribution in [0.2, 0.25) is 0 Å². The van der Waals surface area contributed by atoms with Crippen LogP contribution in [0, 0.1) is 5.41 Å². The fourth-order valence-electron chi connectivity index (χ4n) is 4.60. The predicted octanol–water partition coefficient (Wildman–Crippen LogP) is 4.98. The van der Waals surface area contributed by atoms with Gasteiger partial charge in [-0.15, -0.1) is 11.3 Å². The third-order valence-corrected chi connectivity index (χ3v) is 7.72. The Hall–Kier alpha value is -2.94. The maximum Gasteiger partial charge on any atom is 0.229 e. The van der Waals surface area contributed by atoms with E-state index >= 15 is 0 Å². The first kappa shape index (κ1) is 25.7. The van der Waals surface area contributed by atoms with E-state index in [1.54, 1.807) is 18.4 Å². The van der Waals surface area contributed by atoms with E-state index < -0.39 is 0 Å². The molecule has 0 bridgehead atoms. The highest BCUT2D eigenvalue weighted by molar-refractivity contribution is 7.13. The monoisotopic (exact) mass is 522 g/mol. The molecule has 1 atom stereocenters. The minimum atomic E-state index is 0.0228. The van der Waals surface area contributed by atoms with E-state index in [0.717, 1.165) is 41.3 Å². The molecule has 0 radical (unpaired) electrons. The van der Waals surface area contributed by atoms with Gasteiger partial charge in [-0.3, -0.25) is 4.79 Å². The van der Waals surface area contributed by atoms with E-state index in [-0.39, 0.29) is 23.8 Å². The zero-order chi connectivity index (χ0) is 25.7. The number of rotatable bonds is 11. The van der Waals surface area contributed by atoms with Gasteiger partial charge in [0.1, 0.15) is 5.01 Å². The van der Waals surface area contributed by atoms with Gasteiger partial charge >= 0.3 is 0 Å². The number of carbonyl (C=O) groups is 1. The summed E-state index contributed by atoms with van der Waals surface area (Å²) in [6, 6.07) is 15.9. The molecule has 5 rings (SSSR count). The van der Waals surface area contributed by atoms with Gasteiger partial charge in [-0.05, 0) is 30.5 Å². The molecule has 2 saturated heterocycles. The summed E-state index contributed by atoms with van der Waals surface area (Å²) in [5.74, 6) is 1.41. The number of methoxy groups -OCH3 is 1. The van der Waals surface area contributed by atoms with Crippen molar-refractivity contribution in [2.45, 2.75) is 38.8 Å². The lowest BCUT2D eigenvalue weighted by Crippen LogP contribution is -2.44. The number of hydrogen-bond donors (Lipinski definition) is 0. The van der Waals surface area contributed by atoms with E-state index in [1.807, 2.05) is 58.8 Å². The zero-order valence-electron chi connectivity index (χ0n) is 21.5. The van der Waals surface area contributed by atoms with Crippen molar-refractivity contribution in [3.8, 4) is 22.1 Å². The Morgan fingerprint density at radius 1 is 1.19 bits per heavy atom. The van der Waals surface area contributed by atoms with Crippen LogP contribution in [0.4, 0.5) is 0 Å². The molecular formula is C29H34N2O5S. The van der Waals surface area contributed by atoms with Crippen LogP contribution >= 0.6 is 11.3 Å². The molecule has 2 aromatic carbocycles. The van der Waals surface area contributed by atoms with Gasteiger partial charge in [0.25, 0.3) is 0 Å². The molecule has 1 aromatic heterocycles. The number of amides is 1. The highest BCUT2D eigenvalue weighted by atomic mass is 32.1. The average Bonchev–Trinajstić information content (AvgIpc) is 3.59. The van der Waals surface area contributed by atoms with Gasteiger partial charge in [-0.25, -0.2) is 4.98 Å². The summed E-state index contributed by atoms with van der Waals surface area (Å²) in [7, 11) is 1.64. The number of ether oxygens (including phenoxy) is 4. The quantitative estimate of drug-likeness (QED) is 0.354. The lowest BCUT2D eigenvalue weighted by atomic mass is 9.90. The minimum Gasteiger partial charge on any atom is -0.493 e. The lowest BCUT2D eigenvalue weighted by molar-refractivity contribution is -0.132. The molecule has 37 heavy (non-hydrogen) atoms. The molecular weight excluding hydrogens is 488 g/mol. The van der Waals surface area contributed by atoms with Crippen LogP contribution in [0.15, 0.2) is 53.9 Å². The summed E-state index contributed by atoms with van der Waals surface area (Å²) in [6.45, 7) is 5.88. The van der Waals surface area contributed by atoms with Crippen molar-refractivity contribution in [3.05, 3.63) is 65.2 Å². The predicted molar refractivity (Wildman–Crippen MR) is 143 cm³/mol. The molecule has 3 aromatic rings. The molecule has 2 aliphatic heterocycles. The normalized spacial score (nSPS) is 18.3. The van der Waals surface area contributed by atoms with Gasteiger partial charge in [0, 0.05) is 36.1 Å². The fourth-order valence-corrected chi connectivity index (χ4v) is 5.42. The van der Waals surface area contributed by atoms with Crippen LogP contribution < -0.4 is 9.47 Å². The summed E-state index contributed by atoms with van der Waals surface area (Å²) in [4.78, 5) is 20.2. The molecule has 7 nitrogen and oxygen atoms in total. The largest absolute Gasteiger partial charge is 0.493 e. The number of hydrogen-bond acceptors (Lipinski definition) is 7. The highest BCUT2D eigenvalue weighted by Gasteiger charge is 2.34. The van der Waals surface area contributed by atoms with Crippen molar-refractivity contribution in [3.63, 3.8) is 0 Å². The highest BCUT2D eigenvalue weighted by Crippen LogP contribution is 2.33. The van der Waals surface area contributed by atoms with Crippen LogP contribution in [0.25, 0.3) is 10.6 Å². The van der Waals surface area contributed by atoms with Gasteiger partial charge in [0.15, 0.2) is 11.5 Å². The van der Waals surface area contributed by atoms with Crippen molar-refractivity contribution in [2.75, 3.05) is 40.1 Å². The molecule has 1 unspecified atom stereocenters. The second kappa shape index (κ2) is 11.6. The minimum absolute atomic E-state index is 0.0228. The average molecular weight is 523 g/mol. The number of benzene rings is 2. The van der Waals surface area contributed by atoms with E-state index in [1.165, 1.54) is 0 Å². The van der Waals surface area contributed by atoms with Crippen molar-refractivity contribution in [2.24, 2.45) is 5.41 Å². The lowest BCUT2D eigenvalue weighted by Gasteiger charge is -2.37. The Bertz CT molecular complexity index is 1190. The van der Waals surface area contributed by atoms with Crippen LogP contribution in [0.5, 0.6) is 11.5 Å². The zero-order valence-corrected chi connectivity index (χ0v) is 22.3. The summed E-state index contributed by atoms with van der Waals surface area (Å²) in [6.07, 6.45) is 2.32. The van der Waals surface area contributed by atoms with E-state index in [0.29, 0.717) is 44.4 Å². The van der Waals surface area contributed by atoms with Crippen LogP contribution in [0.1, 0.15) is 31.0 Å². The molecule has 0 saturated carbocycles. The summed E-state index contributed by atoms with van der Waals surface area (Å²) in [5, 5.41) is 2.91. The van der Waals surface area contributed by atoms with E-state index in [9.17, 15) is 4.79 Å². The summed E-state index contributed by atoms with van der Waals surface area (Å²) < 4.78 is 22.9. The van der Waals surface area contributed by atoms with Gasteiger partial charge in [-0.2, -0.15) is 0 Å². The van der Waals surface area contributed by atoms with Gasteiger partial charge in [0.2, 0.25) is 5.91 Å². The third kappa shape index (κ3) is 6.50. The maximum atomic E-state index is 13.5. The molecule has 0 aliphatic carbocycles. The first-order chi connectivity index (χ1) is 18.0.